The molecule has 0 radical (unpaired) electrons. The molecule has 1 N–H and O–H groups in total. The summed E-state index contributed by atoms with van der Waals surface area (Å²) in [6.07, 6.45) is 0.775. The van der Waals surface area contributed by atoms with Crippen LogP contribution in [0.25, 0.3) is 0 Å². The van der Waals surface area contributed by atoms with Crippen LogP contribution in [-0.2, 0) is 11.2 Å². The number of methoxy groups -OCH3 is 3. The van der Waals surface area contributed by atoms with Crippen molar-refractivity contribution in [1.29, 1.82) is 0 Å². The lowest BCUT2D eigenvalue weighted by molar-refractivity contribution is 0.0600. The molecule has 0 spiro atoms. The molecule has 9 heteroatoms. The fourth-order valence-electron chi connectivity index (χ4n) is 4.19. The zero-order chi connectivity index (χ0) is 25.7. The molecule has 1 aliphatic rings. The van der Waals surface area contributed by atoms with Crippen molar-refractivity contribution in [1.82, 2.24) is 4.90 Å². The molecular weight excluding hydrogens is 500 g/mol. The number of benzene rings is 3. The van der Waals surface area contributed by atoms with Gasteiger partial charge < -0.3 is 29.2 Å². The van der Waals surface area contributed by atoms with Gasteiger partial charge in [-0.05, 0) is 84.4 Å². The van der Waals surface area contributed by atoms with Crippen LogP contribution in [0.5, 0.6) is 17.2 Å². The summed E-state index contributed by atoms with van der Waals surface area (Å²) in [5.74, 6) is 1.55. The van der Waals surface area contributed by atoms with Crippen molar-refractivity contribution in [2.75, 3.05) is 39.8 Å². The van der Waals surface area contributed by atoms with Crippen LogP contribution in [0.2, 0.25) is 5.02 Å². The Bertz CT molecular complexity index is 1250. The fraction of sp³-hybridized carbons (Fsp3) is 0.259. The molecule has 0 amide bonds. The monoisotopic (exact) mass is 526 g/mol. The number of hydrogen-bond donors (Lipinski definition) is 1. The SMILES string of the molecule is COC(=O)c1ccc(OCC2c3cc(OC)c(OC)cc3CCN2C(=S)Nc2cccc(Cl)c2)cc1. The van der Waals surface area contributed by atoms with Gasteiger partial charge in [0.2, 0.25) is 0 Å². The first-order valence-corrected chi connectivity index (χ1v) is 12.1. The Morgan fingerprint density at radius 2 is 1.78 bits per heavy atom. The van der Waals surface area contributed by atoms with E-state index in [1.165, 1.54) is 7.11 Å². The molecule has 0 saturated carbocycles. The minimum absolute atomic E-state index is 0.201. The van der Waals surface area contributed by atoms with E-state index in [0.717, 1.165) is 23.2 Å². The molecule has 4 rings (SSSR count). The summed E-state index contributed by atoms with van der Waals surface area (Å²) in [6.45, 7) is 1.00. The second kappa shape index (κ2) is 11.5. The highest BCUT2D eigenvalue weighted by atomic mass is 35.5. The largest absolute Gasteiger partial charge is 0.493 e. The average molecular weight is 527 g/mol. The number of nitrogens with one attached hydrogen (secondary N) is 1. The summed E-state index contributed by atoms with van der Waals surface area (Å²) >= 11 is 12.0. The van der Waals surface area contributed by atoms with Crippen LogP contribution in [-0.4, -0.2) is 50.5 Å². The van der Waals surface area contributed by atoms with Crippen molar-refractivity contribution in [3.63, 3.8) is 0 Å². The molecule has 188 valence electrons. The van der Waals surface area contributed by atoms with Crippen molar-refractivity contribution >= 4 is 40.6 Å². The summed E-state index contributed by atoms with van der Waals surface area (Å²) < 4.78 is 22.0. The molecule has 0 aromatic heterocycles. The number of halogens is 1. The van der Waals surface area contributed by atoms with Crippen molar-refractivity contribution in [3.05, 3.63) is 82.4 Å². The quantitative estimate of drug-likeness (QED) is 0.319. The molecular formula is C27H27ClN2O5S. The highest BCUT2D eigenvalue weighted by Crippen LogP contribution is 2.38. The number of fused-ring (bicyclic) bond motifs is 1. The maximum Gasteiger partial charge on any atom is 0.337 e. The molecule has 1 heterocycles. The Morgan fingerprint density at radius 3 is 2.44 bits per heavy atom. The second-order valence-electron chi connectivity index (χ2n) is 8.13. The van der Waals surface area contributed by atoms with Crippen molar-refractivity contribution < 1.29 is 23.7 Å². The number of rotatable bonds is 7. The van der Waals surface area contributed by atoms with Crippen LogP contribution >= 0.6 is 23.8 Å². The molecule has 7 nitrogen and oxygen atoms in total. The molecule has 36 heavy (non-hydrogen) atoms. The fourth-order valence-corrected chi connectivity index (χ4v) is 4.72. The predicted octanol–water partition coefficient (Wildman–Crippen LogP) is 5.52. The van der Waals surface area contributed by atoms with E-state index in [4.69, 9.17) is 42.8 Å². The third-order valence-corrected chi connectivity index (χ3v) is 6.59. The van der Waals surface area contributed by atoms with E-state index in [0.29, 0.717) is 46.1 Å². The zero-order valence-corrected chi connectivity index (χ0v) is 21.8. The lowest BCUT2D eigenvalue weighted by Crippen LogP contribution is -2.44. The highest BCUT2D eigenvalue weighted by Gasteiger charge is 2.31. The van der Waals surface area contributed by atoms with Gasteiger partial charge in [0.05, 0.1) is 32.9 Å². The Balaban J connectivity index is 1.62. The topological polar surface area (TPSA) is 69.3 Å². The van der Waals surface area contributed by atoms with Gasteiger partial charge in [-0.2, -0.15) is 0 Å². The number of ether oxygens (including phenoxy) is 4. The highest BCUT2D eigenvalue weighted by molar-refractivity contribution is 7.80. The van der Waals surface area contributed by atoms with Gasteiger partial charge in [-0.25, -0.2) is 4.79 Å². The summed E-state index contributed by atoms with van der Waals surface area (Å²) in [6, 6.07) is 18.1. The van der Waals surface area contributed by atoms with E-state index in [-0.39, 0.29) is 6.04 Å². The van der Waals surface area contributed by atoms with Crippen LogP contribution in [0.4, 0.5) is 5.69 Å². The van der Waals surface area contributed by atoms with Crippen molar-refractivity contribution in [2.24, 2.45) is 0 Å². The third-order valence-electron chi connectivity index (χ3n) is 6.02. The Morgan fingerprint density at radius 1 is 1.06 bits per heavy atom. The lowest BCUT2D eigenvalue weighted by atomic mass is 9.92. The number of nitrogens with zero attached hydrogens (tertiary/aromatic N) is 1. The Labute approximate surface area is 220 Å². The molecule has 0 bridgehead atoms. The van der Waals surface area contributed by atoms with Gasteiger partial charge in [-0.3, -0.25) is 0 Å². The van der Waals surface area contributed by atoms with Gasteiger partial charge >= 0.3 is 5.97 Å². The number of esters is 1. The van der Waals surface area contributed by atoms with Crippen molar-refractivity contribution in [2.45, 2.75) is 12.5 Å². The predicted molar refractivity (Wildman–Crippen MR) is 144 cm³/mol. The van der Waals surface area contributed by atoms with Gasteiger partial charge in [-0.1, -0.05) is 17.7 Å². The van der Waals surface area contributed by atoms with E-state index in [2.05, 4.69) is 10.2 Å². The van der Waals surface area contributed by atoms with Crippen LogP contribution < -0.4 is 19.5 Å². The Hall–Kier alpha value is -3.49. The molecule has 3 aromatic rings. The van der Waals surface area contributed by atoms with E-state index >= 15 is 0 Å². The number of hydrogen-bond acceptors (Lipinski definition) is 6. The standard InChI is InChI=1S/C27H27ClN2O5S/c1-32-24-13-18-11-12-30(27(36)29-20-6-4-5-19(28)14-20)23(22(18)15-25(24)33-2)16-35-21-9-7-17(8-10-21)26(31)34-3/h4-10,13-15,23H,11-12,16H2,1-3H3,(H,29,36). The van der Waals surface area contributed by atoms with Gasteiger partial charge in [0, 0.05) is 17.3 Å². The summed E-state index contributed by atoms with van der Waals surface area (Å²) in [5, 5.41) is 4.49. The molecule has 1 aliphatic heterocycles. The number of carbonyl (C=O) groups is 1. The smallest absolute Gasteiger partial charge is 0.337 e. The second-order valence-corrected chi connectivity index (χ2v) is 8.96. The van der Waals surface area contributed by atoms with Crippen LogP contribution in [0, 0.1) is 0 Å². The van der Waals surface area contributed by atoms with Gasteiger partial charge in [-0.15, -0.1) is 0 Å². The number of anilines is 1. The first kappa shape index (κ1) is 25.6. The van der Waals surface area contributed by atoms with Crippen LogP contribution in [0.15, 0.2) is 60.7 Å². The number of thiocarbonyl (C=S) groups is 1. The minimum Gasteiger partial charge on any atom is -0.493 e. The molecule has 0 saturated heterocycles. The van der Waals surface area contributed by atoms with E-state index in [1.54, 1.807) is 38.5 Å². The lowest BCUT2D eigenvalue weighted by Gasteiger charge is -2.39. The van der Waals surface area contributed by atoms with Crippen LogP contribution in [0.3, 0.4) is 0 Å². The van der Waals surface area contributed by atoms with E-state index in [1.807, 2.05) is 36.4 Å². The molecule has 3 aromatic carbocycles. The summed E-state index contributed by atoms with van der Waals surface area (Å²) in [7, 11) is 4.60. The third kappa shape index (κ3) is 5.66. The summed E-state index contributed by atoms with van der Waals surface area (Å²) in [5.41, 5.74) is 3.45. The first-order valence-electron chi connectivity index (χ1n) is 11.3. The molecule has 1 unspecified atom stereocenters. The average Bonchev–Trinajstić information content (AvgIpc) is 2.90. The minimum atomic E-state index is -0.396. The number of carbonyl (C=O) groups excluding carboxylic acids is 1. The molecule has 0 aliphatic carbocycles. The van der Waals surface area contributed by atoms with E-state index in [9.17, 15) is 4.79 Å². The van der Waals surface area contributed by atoms with Gasteiger partial charge in [0.1, 0.15) is 12.4 Å². The van der Waals surface area contributed by atoms with Crippen molar-refractivity contribution in [3.8, 4) is 17.2 Å². The maximum absolute atomic E-state index is 11.7. The zero-order valence-electron chi connectivity index (χ0n) is 20.2. The molecule has 0 fully saturated rings. The maximum atomic E-state index is 11.7. The van der Waals surface area contributed by atoms with E-state index < -0.39 is 5.97 Å². The van der Waals surface area contributed by atoms with Crippen LogP contribution in [0.1, 0.15) is 27.5 Å². The first-order chi connectivity index (χ1) is 17.4. The van der Waals surface area contributed by atoms with Gasteiger partial charge in [0.25, 0.3) is 0 Å². The normalized spacial score (nSPS) is 14.4. The Kier molecular flexibility index (Phi) is 8.18. The van der Waals surface area contributed by atoms with Gasteiger partial charge in [0.15, 0.2) is 16.6 Å². The molecule has 1 atom stereocenters. The summed E-state index contributed by atoms with van der Waals surface area (Å²) in [4.78, 5) is 13.9.